The molecule has 7 nitrogen and oxygen atoms in total. The zero-order chi connectivity index (χ0) is 41.2. The van der Waals surface area contributed by atoms with E-state index in [9.17, 15) is 14.4 Å². The Balaban J connectivity index is 4.84. The van der Waals surface area contributed by atoms with Crippen LogP contribution < -0.4 is 0 Å². The van der Waals surface area contributed by atoms with Crippen LogP contribution in [0, 0.1) is 5.41 Å². The average molecular weight is 794 g/mol. The molecular formula is C49H95NO6. The molecule has 0 aromatic rings. The first kappa shape index (κ1) is 54.4. The molecule has 0 rings (SSSR count). The topological polar surface area (TPSA) is 82.1 Å². The summed E-state index contributed by atoms with van der Waals surface area (Å²) in [5.74, 6) is -0.698. The molecule has 0 aliphatic rings. The van der Waals surface area contributed by atoms with E-state index in [4.69, 9.17) is 14.2 Å². The lowest BCUT2D eigenvalue weighted by atomic mass is 9.90. The molecule has 0 saturated heterocycles. The maximum atomic E-state index is 12.9. The van der Waals surface area contributed by atoms with E-state index in [1.807, 2.05) is 19.0 Å². The predicted octanol–water partition coefficient (Wildman–Crippen LogP) is 14.3. The van der Waals surface area contributed by atoms with Gasteiger partial charge in [-0.25, -0.2) is 0 Å². The molecule has 56 heavy (non-hydrogen) atoms. The van der Waals surface area contributed by atoms with Crippen LogP contribution in [0.25, 0.3) is 0 Å². The second kappa shape index (κ2) is 41.5. The van der Waals surface area contributed by atoms with Gasteiger partial charge in [0.1, 0.15) is 19.8 Å². The molecule has 0 radical (unpaired) electrons. The van der Waals surface area contributed by atoms with E-state index in [2.05, 4.69) is 20.8 Å². The van der Waals surface area contributed by atoms with Gasteiger partial charge in [0.05, 0.1) is 5.41 Å². The summed E-state index contributed by atoms with van der Waals surface area (Å²) in [7, 11) is 3.89. The van der Waals surface area contributed by atoms with Crippen LogP contribution in [0.4, 0.5) is 0 Å². The van der Waals surface area contributed by atoms with Crippen molar-refractivity contribution in [3.8, 4) is 0 Å². The normalized spacial score (nSPS) is 11.7. The number of hydrogen-bond donors (Lipinski definition) is 0. The van der Waals surface area contributed by atoms with Crippen LogP contribution in [-0.2, 0) is 28.6 Å². The molecule has 0 bridgehead atoms. The molecule has 0 atom stereocenters. The van der Waals surface area contributed by atoms with Gasteiger partial charge in [0.25, 0.3) is 0 Å². The van der Waals surface area contributed by atoms with Crippen molar-refractivity contribution in [3.63, 3.8) is 0 Å². The van der Waals surface area contributed by atoms with Gasteiger partial charge in [-0.05, 0) is 33.4 Å². The molecule has 0 aliphatic heterocycles. The van der Waals surface area contributed by atoms with Crippen molar-refractivity contribution in [1.82, 2.24) is 4.90 Å². The number of hydrogen-bond acceptors (Lipinski definition) is 7. The molecule has 0 heterocycles. The Morgan fingerprint density at radius 3 is 0.732 bits per heavy atom. The minimum absolute atomic E-state index is 0.0551. The number of esters is 3. The van der Waals surface area contributed by atoms with Crippen LogP contribution in [0.5, 0.6) is 0 Å². The maximum absolute atomic E-state index is 12.9. The summed E-state index contributed by atoms with van der Waals surface area (Å²) in [6, 6.07) is 0. The minimum atomic E-state index is -0.824. The van der Waals surface area contributed by atoms with Gasteiger partial charge in [-0.15, -0.1) is 0 Å². The predicted molar refractivity (Wildman–Crippen MR) is 237 cm³/mol. The molecule has 0 aliphatic carbocycles. The largest absolute Gasteiger partial charge is 0.465 e. The number of nitrogens with zero attached hydrogens (tertiary/aromatic N) is 1. The van der Waals surface area contributed by atoms with E-state index >= 15 is 0 Å². The highest BCUT2D eigenvalue weighted by molar-refractivity contribution is 5.70. The van der Waals surface area contributed by atoms with Gasteiger partial charge in [-0.2, -0.15) is 0 Å². The van der Waals surface area contributed by atoms with Crippen molar-refractivity contribution in [2.24, 2.45) is 5.41 Å². The van der Waals surface area contributed by atoms with Crippen molar-refractivity contribution in [2.45, 2.75) is 252 Å². The minimum Gasteiger partial charge on any atom is -0.465 e. The highest BCUT2D eigenvalue weighted by Crippen LogP contribution is 2.24. The first-order valence-electron chi connectivity index (χ1n) is 24.4. The van der Waals surface area contributed by atoms with Crippen molar-refractivity contribution in [3.05, 3.63) is 0 Å². The fourth-order valence-electron chi connectivity index (χ4n) is 7.65. The molecular weight excluding hydrogens is 699 g/mol. The van der Waals surface area contributed by atoms with Gasteiger partial charge in [0.2, 0.25) is 0 Å². The summed E-state index contributed by atoms with van der Waals surface area (Å²) in [5, 5.41) is 0. The number of unbranched alkanes of at least 4 members (excludes halogenated alkanes) is 30. The molecule has 0 unspecified atom stereocenters. The van der Waals surface area contributed by atoms with E-state index < -0.39 is 5.41 Å². The third-order valence-corrected chi connectivity index (χ3v) is 11.2. The van der Waals surface area contributed by atoms with E-state index in [1.54, 1.807) is 0 Å². The summed E-state index contributed by atoms with van der Waals surface area (Å²) in [6.07, 6.45) is 41.7. The van der Waals surface area contributed by atoms with Crippen molar-refractivity contribution in [2.75, 3.05) is 40.5 Å². The highest BCUT2D eigenvalue weighted by Gasteiger charge is 2.36. The summed E-state index contributed by atoms with van der Waals surface area (Å²) in [6.45, 7) is 7.40. The quantitative estimate of drug-likeness (QED) is 0.0345. The zero-order valence-corrected chi connectivity index (χ0v) is 38.2. The van der Waals surface area contributed by atoms with Crippen molar-refractivity contribution >= 4 is 17.9 Å². The highest BCUT2D eigenvalue weighted by atomic mass is 16.6. The molecule has 0 fully saturated rings. The number of carbonyl (C=O) groups is 3. The SMILES string of the molecule is CCCCCCCCCCCCCC(=O)OCC(COC(=O)CCCCCCCCCCCCC)(COC(=O)CCCCCCCCCCCCC)CN(C)C. The van der Waals surface area contributed by atoms with Gasteiger partial charge in [-0.3, -0.25) is 14.4 Å². The van der Waals surface area contributed by atoms with Crippen molar-refractivity contribution < 1.29 is 28.6 Å². The fraction of sp³-hybridized carbons (Fsp3) is 0.939. The number of rotatable bonds is 44. The average Bonchev–Trinajstić information content (AvgIpc) is 3.18. The lowest BCUT2D eigenvalue weighted by Crippen LogP contribution is -2.46. The van der Waals surface area contributed by atoms with Crippen LogP contribution >= 0.6 is 0 Å². The third kappa shape index (κ3) is 37.9. The molecule has 0 aromatic carbocycles. The second-order valence-corrected chi connectivity index (χ2v) is 17.6. The maximum Gasteiger partial charge on any atom is 0.305 e. The van der Waals surface area contributed by atoms with Crippen LogP contribution in [0.1, 0.15) is 252 Å². The van der Waals surface area contributed by atoms with E-state index in [1.165, 1.54) is 154 Å². The Labute approximate surface area is 348 Å². The van der Waals surface area contributed by atoms with Gasteiger partial charge >= 0.3 is 17.9 Å². The Morgan fingerprint density at radius 2 is 0.536 bits per heavy atom. The van der Waals surface area contributed by atoms with E-state index in [-0.39, 0.29) is 37.7 Å². The summed E-state index contributed by atoms with van der Waals surface area (Å²) < 4.78 is 17.6. The Kier molecular flexibility index (Phi) is 40.3. The Bertz CT molecular complexity index is 774. The van der Waals surface area contributed by atoms with Gasteiger partial charge in [0.15, 0.2) is 0 Å². The summed E-state index contributed by atoms with van der Waals surface area (Å²) in [4.78, 5) is 40.7. The van der Waals surface area contributed by atoms with E-state index in [0.717, 1.165) is 57.8 Å². The number of carbonyl (C=O) groups excluding carboxylic acids is 3. The molecule has 0 spiro atoms. The lowest BCUT2D eigenvalue weighted by molar-refractivity contribution is -0.163. The molecule has 0 amide bonds. The van der Waals surface area contributed by atoms with Crippen LogP contribution in [0.15, 0.2) is 0 Å². The Hall–Kier alpha value is -1.63. The Morgan fingerprint density at radius 1 is 0.339 bits per heavy atom. The fourth-order valence-corrected chi connectivity index (χ4v) is 7.65. The van der Waals surface area contributed by atoms with Crippen LogP contribution in [0.2, 0.25) is 0 Å². The van der Waals surface area contributed by atoms with Gasteiger partial charge < -0.3 is 19.1 Å². The third-order valence-electron chi connectivity index (χ3n) is 11.2. The van der Waals surface area contributed by atoms with Crippen molar-refractivity contribution in [1.29, 1.82) is 0 Å². The molecule has 0 aromatic heterocycles. The first-order chi connectivity index (χ1) is 27.3. The first-order valence-corrected chi connectivity index (χ1v) is 24.4. The summed E-state index contributed by atoms with van der Waals surface area (Å²) in [5.41, 5.74) is -0.824. The van der Waals surface area contributed by atoms with Crippen LogP contribution in [0.3, 0.4) is 0 Å². The standard InChI is InChI=1S/C49H95NO6/c1-6-9-12-15-18-21-24-27-30-33-36-39-46(51)54-43-49(42-50(4)5,44-55-47(52)40-37-34-31-28-25-22-19-16-13-10-7-2)45-56-48(53)41-38-35-32-29-26-23-20-17-14-11-8-3/h6-45H2,1-5H3. The lowest BCUT2D eigenvalue weighted by Gasteiger charge is -2.34. The summed E-state index contributed by atoms with van der Waals surface area (Å²) >= 11 is 0. The molecule has 0 saturated carbocycles. The van der Waals surface area contributed by atoms with Gasteiger partial charge in [0, 0.05) is 25.8 Å². The number of ether oxygens (including phenoxy) is 3. The zero-order valence-electron chi connectivity index (χ0n) is 38.2. The van der Waals surface area contributed by atoms with Gasteiger partial charge in [-0.1, -0.05) is 213 Å². The van der Waals surface area contributed by atoms with E-state index in [0.29, 0.717) is 25.8 Å². The molecule has 7 heteroatoms. The smallest absolute Gasteiger partial charge is 0.305 e. The molecule has 0 N–H and O–H groups in total. The van der Waals surface area contributed by atoms with Crippen LogP contribution in [-0.4, -0.2) is 63.3 Å². The monoisotopic (exact) mass is 794 g/mol. The second-order valence-electron chi connectivity index (χ2n) is 17.6. The molecule has 332 valence electrons.